The Kier molecular flexibility index (Phi) is 2.95. The number of aliphatic carboxylic acids is 1. The predicted molar refractivity (Wildman–Crippen MR) is 52.7 cm³/mol. The van der Waals surface area contributed by atoms with Crippen LogP contribution in [0.3, 0.4) is 0 Å². The molecule has 0 spiro atoms. The quantitative estimate of drug-likeness (QED) is 0.645. The summed E-state index contributed by atoms with van der Waals surface area (Å²) >= 11 is 0. The van der Waals surface area contributed by atoms with E-state index in [0.717, 1.165) is 12.8 Å². The van der Waals surface area contributed by atoms with E-state index in [1.807, 2.05) is 0 Å². The van der Waals surface area contributed by atoms with E-state index in [-0.39, 0.29) is 18.6 Å². The third-order valence-electron chi connectivity index (χ3n) is 3.26. The maximum Gasteiger partial charge on any atom is 0.326 e. The van der Waals surface area contributed by atoms with Gasteiger partial charge in [0.05, 0.1) is 19.8 Å². The predicted octanol–water partition coefficient (Wildman–Crippen LogP) is -0.145. The minimum Gasteiger partial charge on any atom is -0.480 e. The number of nitrogens with one attached hydrogen (secondary N) is 1. The van der Waals surface area contributed by atoms with Crippen molar-refractivity contribution in [1.29, 1.82) is 0 Å². The maximum atomic E-state index is 11.3. The van der Waals surface area contributed by atoms with Crippen molar-refractivity contribution in [3.05, 3.63) is 0 Å². The molecule has 0 aromatic carbocycles. The van der Waals surface area contributed by atoms with E-state index in [1.165, 1.54) is 0 Å². The molecule has 1 heterocycles. The summed E-state index contributed by atoms with van der Waals surface area (Å²) in [6.07, 6.45) is 2.02. The Hall–Kier alpha value is -0.650. The third-order valence-corrected chi connectivity index (χ3v) is 3.26. The lowest BCUT2D eigenvalue weighted by Crippen LogP contribution is -2.57. The number of carboxylic acids is 1. The topological polar surface area (TPSA) is 67.8 Å². The highest BCUT2D eigenvalue weighted by Gasteiger charge is 2.51. The molecule has 2 aliphatic rings. The molecule has 2 fully saturated rings. The minimum atomic E-state index is -0.893. The maximum absolute atomic E-state index is 11.3. The van der Waals surface area contributed by atoms with Crippen molar-refractivity contribution in [2.24, 2.45) is 5.92 Å². The molecule has 1 saturated carbocycles. The highest BCUT2D eigenvalue weighted by Crippen LogP contribution is 2.40. The summed E-state index contributed by atoms with van der Waals surface area (Å²) in [5.41, 5.74) is -0.893. The van der Waals surface area contributed by atoms with Crippen molar-refractivity contribution in [3.8, 4) is 0 Å². The molecule has 0 aromatic heterocycles. The summed E-state index contributed by atoms with van der Waals surface area (Å²) in [4.78, 5) is 11.3. The normalized spacial score (nSPS) is 25.7. The van der Waals surface area contributed by atoms with E-state index >= 15 is 0 Å². The average molecular weight is 215 g/mol. The van der Waals surface area contributed by atoms with Crippen LogP contribution in [0.2, 0.25) is 0 Å². The lowest BCUT2D eigenvalue weighted by atomic mass is 9.94. The lowest BCUT2D eigenvalue weighted by Gasteiger charge is -2.33. The fraction of sp³-hybridized carbons (Fsp3) is 0.900. The van der Waals surface area contributed by atoms with Gasteiger partial charge in [0.25, 0.3) is 0 Å². The average Bonchev–Trinajstić information content (AvgIpc) is 2.92. The molecular formula is C10H17NO4. The number of hydrogen-bond acceptors (Lipinski definition) is 4. The zero-order chi connectivity index (χ0) is 10.9. The molecule has 5 heteroatoms. The van der Waals surface area contributed by atoms with Gasteiger partial charge >= 0.3 is 5.97 Å². The Labute approximate surface area is 88.7 Å². The second kappa shape index (κ2) is 4.08. The van der Waals surface area contributed by atoms with Gasteiger partial charge in [-0.25, -0.2) is 0 Å². The highest BCUT2D eigenvalue weighted by atomic mass is 16.6. The van der Waals surface area contributed by atoms with E-state index in [4.69, 9.17) is 9.47 Å². The van der Waals surface area contributed by atoms with Crippen molar-refractivity contribution in [2.45, 2.75) is 24.5 Å². The number of hydrogen-bond donors (Lipinski definition) is 2. The van der Waals surface area contributed by atoms with Gasteiger partial charge in [-0.15, -0.1) is 0 Å². The van der Waals surface area contributed by atoms with Crippen LogP contribution < -0.4 is 5.32 Å². The summed E-state index contributed by atoms with van der Waals surface area (Å²) < 4.78 is 10.5. The van der Waals surface area contributed by atoms with Gasteiger partial charge in [-0.05, 0) is 25.8 Å². The molecule has 86 valence electrons. The molecule has 2 N–H and O–H groups in total. The first-order chi connectivity index (χ1) is 7.19. The first kappa shape index (κ1) is 10.9. The van der Waals surface area contributed by atoms with Crippen molar-refractivity contribution >= 4 is 5.97 Å². The van der Waals surface area contributed by atoms with Gasteiger partial charge in [0, 0.05) is 0 Å². The van der Waals surface area contributed by atoms with Gasteiger partial charge in [-0.1, -0.05) is 0 Å². The van der Waals surface area contributed by atoms with Crippen LogP contribution in [0.15, 0.2) is 0 Å². The minimum absolute atomic E-state index is 0.0795. The zero-order valence-corrected chi connectivity index (χ0v) is 8.86. The van der Waals surface area contributed by atoms with Crippen LogP contribution in [0.4, 0.5) is 0 Å². The molecule has 5 nitrogen and oxygen atoms in total. The molecule has 0 bridgehead atoms. The molecule has 15 heavy (non-hydrogen) atoms. The van der Waals surface area contributed by atoms with Crippen molar-refractivity contribution in [3.63, 3.8) is 0 Å². The van der Waals surface area contributed by atoms with Crippen LogP contribution in [0, 0.1) is 5.92 Å². The first-order valence-electron chi connectivity index (χ1n) is 5.30. The number of likely N-dealkylation sites (N-methyl/N-ethyl adjacent to an activating group) is 1. The van der Waals surface area contributed by atoms with Crippen LogP contribution in [0.1, 0.15) is 12.8 Å². The molecule has 0 amide bonds. The van der Waals surface area contributed by atoms with Gasteiger partial charge in [0.2, 0.25) is 0 Å². The number of carboxylic acid groups (broad SMARTS) is 1. The summed E-state index contributed by atoms with van der Waals surface area (Å²) in [5.74, 6) is -0.603. The van der Waals surface area contributed by atoms with Gasteiger partial charge in [0.1, 0.15) is 11.6 Å². The van der Waals surface area contributed by atoms with Gasteiger partial charge in [0.15, 0.2) is 0 Å². The van der Waals surface area contributed by atoms with Crippen molar-refractivity contribution in [2.75, 3.05) is 26.9 Å². The third kappa shape index (κ3) is 2.00. The summed E-state index contributed by atoms with van der Waals surface area (Å²) in [6.45, 7) is 1.41. The number of carbonyl (C=O) groups is 1. The first-order valence-corrected chi connectivity index (χ1v) is 5.30. The van der Waals surface area contributed by atoms with E-state index in [2.05, 4.69) is 5.32 Å². The van der Waals surface area contributed by atoms with E-state index in [0.29, 0.717) is 13.2 Å². The Morgan fingerprint density at radius 2 is 2.27 bits per heavy atom. The van der Waals surface area contributed by atoms with Crippen molar-refractivity contribution < 1.29 is 19.4 Å². The van der Waals surface area contributed by atoms with Gasteiger partial charge < -0.3 is 19.9 Å². The molecule has 1 unspecified atom stereocenters. The smallest absolute Gasteiger partial charge is 0.326 e. The highest BCUT2D eigenvalue weighted by molar-refractivity contribution is 5.80. The van der Waals surface area contributed by atoms with Gasteiger partial charge in [-0.3, -0.25) is 4.79 Å². The second-order valence-electron chi connectivity index (χ2n) is 4.27. The fourth-order valence-corrected chi connectivity index (χ4v) is 1.87. The van der Waals surface area contributed by atoms with E-state index < -0.39 is 11.5 Å². The van der Waals surface area contributed by atoms with Crippen LogP contribution >= 0.6 is 0 Å². The summed E-state index contributed by atoms with van der Waals surface area (Å²) in [5, 5.41) is 12.2. The molecule has 0 radical (unpaired) electrons. The fourth-order valence-electron chi connectivity index (χ4n) is 1.87. The summed E-state index contributed by atoms with van der Waals surface area (Å²) in [7, 11) is 1.69. The van der Waals surface area contributed by atoms with E-state index in [9.17, 15) is 9.90 Å². The van der Waals surface area contributed by atoms with E-state index in [1.54, 1.807) is 7.05 Å². The van der Waals surface area contributed by atoms with Crippen LogP contribution in [0.25, 0.3) is 0 Å². The van der Waals surface area contributed by atoms with Crippen molar-refractivity contribution in [1.82, 2.24) is 5.32 Å². The molecule has 2 rings (SSSR count). The van der Waals surface area contributed by atoms with Gasteiger partial charge in [-0.2, -0.15) is 0 Å². The monoisotopic (exact) mass is 215 g/mol. The van der Waals surface area contributed by atoms with Crippen LogP contribution in [-0.2, 0) is 14.3 Å². The molecule has 1 atom stereocenters. The van der Waals surface area contributed by atoms with Crippen LogP contribution in [0.5, 0.6) is 0 Å². The zero-order valence-electron chi connectivity index (χ0n) is 8.86. The van der Waals surface area contributed by atoms with Crippen LogP contribution in [-0.4, -0.2) is 49.6 Å². The molecule has 1 saturated heterocycles. The second-order valence-corrected chi connectivity index (χ2v) is 4.27. The lowest BCUT2D eigenvalue weighted by molar-refractivity contribution is -0.163. The molecule has 1 aliphatic heterocycles. The standard InChI is InChI=1S/C10H17NO4/c1-11-10(9(12)13,7-2-3-7)6-15-8-4-14-5-8/h7-8,11H,2-6H2,1H3,(H,12,13). The Balaban J connectivity index is 1.93. The SMILES string of the molecule is CNC(COC1COC1)(C(=O)O)C1CC1. The Morgan fingerprint density at radius 1 is 1.60 bits per heavy atom. The largest absolute Gasteiger partial charge is 0.480 e. The molecule has 0 aromatic rings. The molecule has 1 aliphatic carbocycles. The Bertz CT molecular complexity index is 250. The Morgan fingerprint density at radius 3 is 2.60 bits per heavy atom. The summed E-state index contributed by atoms with van der Waals surface area (Å²) in [6, 6.07) is 0. The molecular weight excluding hydrogens is 198 g/mol. The number of ether oxygens (including phenoxy) is 2. The number of rotatable bonds is 6.